The second kappa shape index (κ2) is 4.62. The van der Waals surface area contributed by atoms with Crippen molar-refractivity contribution in [3.63, 3.8) is 0 Å². The summed E-state index contributed by atoms with van der Waals surface area (Å²) in [6.45, 7) is 2.43. The number of anilines is 1. The van der Waals surface area contributed by atoms with Crippen LogP contribution in [0.15, 0.2) is 6.07 Å². The zero-order valence-corrected chi connectivity index (χ0v) is 10.2. The normalized spacial score (nSPS) is 10.9. The molecule has 0 atom stereocenters. The topological polar surface area (TPSA) is 90.4 Å². The fraction of sp³-hybridized carbons (Fsp3) is 0.400. The van der Waals surface area contributed by atoms with Crippen molar-refractivity contribution in [1.82, 2.24) is 9.94 Å². The summed E-state index contributed by atoms with van der Waals surface area (Å²) in [5.41, 5.74) is 5.57. The molecule has 0 fully saturated rings. The van der Waals surface area contributed by atoms with Gasteiger partial charge in [0.15, 0.2) is 10.6 Å². The molecule has 2 aromatic heterocycles. The molecule has 0 aliphatic carbocycles. The van der Waals surface area contributed by atoms with Crippen LogP contribution in [0.1, 0.15) is 29.4 Å². The van der Waals surface area contributed by atoms with Crippen molar-refractivity contribution in [2.24, 2.45) is 0 Å². The predicted molar refractivity (Wildman–Crippen MR) is 64.4 cm³/mol. The number of hydrogen-bond donors (Lipinski definition) is 2. The van der Waals surface area contributed by atoms with Gasteiger partial charge in [-0.15, -0.1) is 16.4 Å². The van der Waals surface area contributed by atoms with Crippen molar-refractivity contribution in [3.8, 4) is 0 Å². The number of carbonyl (C=O) groups excluding carboxylic acids is 1. The molecule has 6 nitrogen and oxygen atoms in total. The van der Waals surface area contributed by atoms with E-state index in [0.717, 1.165) is 24.2 Å². The van der Waals surface area contributed by atoms with E-state index in [1.165, 1.54) is 0 Å². The van der Waals surface area contributed by atoms with Gasteiger partial charge in [-0.25, -0.2) is 4.79 Å². The Morgan fingerprint density at radius 2 is 2.47 bits per heavy atom. The summed E-state index contributed by atoms with van der Waals surface area (Å²) >= 11 is 1.11. The molecule has 2 heterocycles. The van der Waals surface area contributed by atoms with E-state index >= 15 is 0 Å². The average Bonchev–Trinajstić information content (AvgIpc) is 2.82. The molecule has 92 valence electrons. The molecule has 0 spiro atoms. The van der Waals surface area contributed by atoms with Crippen LogP contribution in [0, 0.1) is 0 Å². The number of fused-ring (bicyclic) bond motifs is 1. The Morgan fingerprint density at radius 3 is 3.12 bits per heavy atom. The highest BCUT2D eigenvalue weighted by Crippen LogP contribution is 2.29. The highest BCUT2D eigenvalue weighted by molar-refractivity contribution is 7.20. The van der Waals surface area contributed by atoms with Gasteiger partial charge in [-0.2, -0.15) is 0 Å². The number of thiophene rings is 1. The van der Waals surface area contributed by atoms with E-state index in [0.29, 0.717) is 26.5 Å². The lowest BCUT2D eigenvalue weighted by molar-refractivity contribution is 0.0505. The second-order valence-corrected chi connectivity index (χ2v) is 4.62. The number of carbonyl (C=O) groups is 1. The van der Waals surface area contributed by atoms with Crippen LogP contribution in [0.3, 0.4) is 0 Å². The summed E-state index contributed by atoms with van der Waals surface area (Å²) in [6, 6.07) is 1.59. The van der Waals surface area contributed by atoms with Crippen molar-refractivity contribution in [2.45, 2.75) is 19.8 Å². The maximum atomic E-state index is 11.6. The summed E-state index contributed by atoms with van der Waals surface area (Å²) in [6.07, 6.45) is 1.81. The first-order valence-corrected chi connectivity index (χ1v) is 6.09. The number of nitrogens with zero attached hydrogens (tertiary/aromatic N) is 2. The number of rotatable bonds is 4. The van der Waals surface area contributed by atoms with Gasteiger partial charge in [0, 0.05) is 0 Å². The highest BCUT2D eigenvalue weighted by Gasteiger charge is 2.17. The molecule has 7 heteroatoms. The van der Waals surface area contributed by atoms with Crippen LogP contribution < -0.4 is 5.73 Å². The summed E-state index contributed by atoms with van der Waals surface area (Å²) in [5.74, 6) is -0.189. The Morgan fingerprint density at radius 1 is 1.71 bits per heavy atom. The third-order valence-electron chi connectivity index (χ3n) is 2.30. The Bertz CT molecular complexity index is 512. The molecule has 0 aromatic carbocycles. The maximum Gasteiger partial charge on any atom is 0.348 e. The van der Waals surface area contributed by atoms with Gasteiger partial charge in [0.25, 0.3) is 0 Å². The monoisotopic (exact) mass is 255 g/mol. The number of nitrogens with two attached hydrogens (primary N) is 1. The van der Waals surface area contributed by atoms with Gasteiger partial charge in [0.2, 0.25) is 0 Å². The molecular weight excluding hydrogens is 242 g/mol. The smallest absolute Gasteiger partial charge is 0.348 e. The lowest BCUT2D eigenvalue weighted by Crippen LogP contribution is -2.04. The second-order valence-electron chi connectivity index (χ2n) is 3.59. The molecule has 0 radical (unpaired) electrons. The third kappa shape index (κ3) is 2.19. The number of hydrogen-bond acceptors (Lipinski definition) is 6. The minimum absolute atomic E-state index is 0.200. The molecule has 0 unspecified atom stereocenters. The maximum absolute atomic E-state index is 11.6. The van der Waals surface area contributed by atoms with E-state index < -0.39 is 0 Å². The summed E-state index contributed by atoms with van der Waals surface area (Å²) < 4.78 is 5.07. The molecule has 17 heavy (non-hydrogen) atoms. The Hall–Kier alpha value is -1.76. The molecular formula is C10H13N3O3S. The SMILES string of the molecule is CCCCOC(=O)c1cc2c(N)nn(O)c2s1. The Balaban J connectivity index is 2.19. The van der Waals surface area contributed by atoms with Crippen LogP contribution in [-0.2, 0) is 4.74 Å². The van der Waals surface area contributed by atoms with Gasteiger partial charge in [0.05, 0.1) is 12.0 Å². The number of aromatic nitrogens is 2. The van der Waals surface area contributed by atoms with E-state index in [1.54, 1.807) is 6.07 Å². The molecule has 0 saturated carbocycles. The summed E-state index contributed by atoms with van der Waals surface area (Å²) in [4.78, 5) is 13.2. The quantitative estimate of drug-likeness (QED) is 0.494. The van der Waals surface area contributed by atoms with E-state index in [1.807, 2.05) is 6.92 Å². The first kappa shape index (κ1) is 11.7. The van der Waals surface area contributed by atoms with E-state index in [9.17, 15) is 10.0 Å². The number of ether oxygens (including phenoxy) is 1. The summed E-state index contributed by atoms with van der Waals surface area (Å²) in [7, 11) is 0. The van der Waals surface area contributed by atoms with Crippen LogP contribution in [0.4, 0.5) is 5.82 Å². The molecule has 0 amide bonds. The van der Waals surface area contributed by atoms with Gasteiger partial charge >= 0.3 is 5.97 Å². The number of nitrogen functional groups attached to an aromatic ring is 1. The Labute approximate surface area is 102 Å². The lowest BCUT2D eigenvalue weighted by atomic mass is 10.3. The average molecular weight is 255 g/mol. The molecule has 0 bridgehead atoms. The standard InChI is InChI=1S/C10H13N3O3S/c1-2-3-4-16-10(14)7-5-6-8(11)12-13(15)9(6)17-7/h5,15H,2-4H2,1H3,(H2,11,12). The highest BCUT2D eigenvalue weighted by atomic mass is 32.1. The molecule has 3 N–H and O–H groups in total. The van der Waals surface area contributed by atoms with Crippen LogP contribution in [0.25, 0.3) is 10.2 Å². The van der Waals surface area contributed by atoms with Crippen molar-refractivity contribution in [2.75, 3.05) is 12.3 Å². The molecule has 0 saturated heterocycles. The van der Waals surface area contributed by atoms with Crippen LogP contribution >= 0.6 is 11.3 Å². The third-order valence-corrected chi connectivity index (χ3v) is 3.39. The fourth-order valence-corrected chi connectivity index (χ4v) is 2.32. The van der Waals surface area contributed by atoms with Crippen LogP contribution in [0.5, 0.6) is 0 Å². The Kier molecular flexibility index (Phi) is 3.19. The number of unbranched alkanes of at least 4 members (excludes halogenated alkanes) is 1. The van der Waals surface area contributed by atoms with Gasteiger partial charge in [-0.3, -0.25) is 0 Å². The van der Waals surface area contributed by atoms with Gasteiger partial charge in [0.1, 0.15) is 4.88 Å². The first-order valence-electron chi connectivity index (χ1n) is 5.28. The molecule has 0 aliphatic rings. The van der Waals surface area contributed by atoms with Crippen LogP contribution in [-0.4, -0.2) is 27.7 Å². The largest absolute Gasteiger partial charge is 0.462 e. The summed E-state index contributed by atoms with van der Waals surface area (Å²) in [5, 5.41) is 13.6. The first-order chi connectivity index (χ1) is 8.13. The minimum Gasteiger partial charge on any atom is -0.462 e. The van der Waals surface area contributed by atoms with Crippen LogP contribution in [0.2, 0.25) is 0 Å². The zero-order valence-electron chi connectivity index (χ0n) is 9.34. The predicted octanol–water partition coefficient (Wildman–Crippen LogP) is 1.87. The van der Waals surface area contributed by atoms with Crippen molar-refractivity contribution < 1.29 is 14.7 Å². The van der Waals surface area contributed by atoms with Crippen molar-refractivity contribution >= 4 is 33.3 Å². The minimum atomic E-state index is -0.390. The lowest BCUT2D eigenvalue weighted by Gasteiger charge is -2.00. The van der Waals surface area contributed by atoms with E-state index in [2.05, 4.69) is 5.10 Å². The number of esters is 1. The van der Waals surface area contributed by atoms with Crippen molar-refractivity contribution in [1.29, 1.82) is 0 Å². The van der Waals surface area contributed by atoms with Gasteiger partial charge in [-0.05, 0) is 12.5 Å². The van der Waals surface area contributed by atoms with Crippen molar-refractivity contribution in [3.05, 3.63) is 10.9 Å². The molecule has 2 rings (SSSR count). The van der Waals surface area contributed by atoms with E-state index in [4.69, 9.17) is 10.5 Å². The van der Waals surface area contributed by atoms with E-state index in [-0.39, 0.29) is 11.8 Å². The molecule has 2 aromatic rings. The molecule has 0 aliphatic heterocycles. The van der Waals surface area contributed by atoms with Gasteiger partial charge < -0.3 is 15.7 Å². The van der Waals surface area contributed by atoms with Gasteiger partial charge in [-0.1, -0.05) is 18.2 Å². The fourth-order valence-electron chi connectivity index (χ4n) is 1.40. The zero-order chi connectivity index (χ0) is 12.4.